The van der Waals surface area contributed by atoms with Crippen LogP contribution in [0.3, 0.4) is 0 Å². The summed E-state index contributed by atoms with van der Waals surface area (Å²) in [7, 11) is 0. The Labute approximate surface area is 106 Å². The number of carbonyl (C=O) groups is 1. The fourth-order valence-electron chi connectivity index (χ4n) is 2.43. The van der Waals surface area contributed by atoms with Crippen LogP contribution in [0, 0.1) is 0 Å². The second kappa shape index (κ2) is 4.29. The third-order valence-corrected chi connectivity index (χ3v) is 3.36. The largest absolute Gasteiger partial charge is 0.374 e. The molecule has 0 spiro atoms. The minimum atomic E-state index is -0.163. The third-order valence-electron chi connectivity index (χ3n) is 3.36. The number of para-hydroxylation sites is 1. The molecule has 0 saturated heterocycles. The number of hydrogen-bond acceptors (Lipinski definition) is 3. The topological polar surface area (TPSA) is 46.9 Å². The number of benzene rings is 1. The standard InChI is InChI=1S/C14H15N3O/c1-2-17-13(7-8-15-17)14(18)12-9-10-5-3-4-6-11(10)16-12/h3-8,12,16H,2,9H2,1H3. The van der Waals surface area contributed by atoms with Crippen LogP contribution >= 0.6 is 0 Å². The van der Waals surface area contributed by atoms with E-state index in [0.29, 0.717) is 12.2 Å². The fourth-order valence-corrected chi connectivity index (χ4v) is 2.43. The SMILES string of the molecule is CCn1nccc1C(=O)C1Cc2ccccc2N1. The molecular formula is C14H15N3O. The first-order chi connectivity index (χ1) is 8.79. The number of carbonyl (C=O) groups excluding carboxylic acids is 1. The van der Waals surface area contributed by atoms with E-state index in [4.69, 9.17) is 0 Å². The molecule has 0 saturated carbocycles. The molecule has 4 heteroatoms. The predicted octanol–water partition coefficient (Wildman–Crippen LogP) is 2.12. The summed E-state index contributed by atoms with van der Waals surface area (Å²) >= 11 is 0. The van der Waals surface area contributed by atoms with Gasteiger partial charge >= 0.3 is 0 Å². The van der Waals surface area contributed by atoms with Crippen LogP contribution in [0.5, 0.6) is 0 Å². The summed E-state index contributed by atoms with van der Waals surface area (Å²) in [5, 5.41) is 7.43. The zero-order valence-electron chi connectivity index (χ0n) is 10.3. The van der Waals surface area contributed by atoms with Crippen molar-refractivity contribution in [1.82, 2.24) is 9.78 Å². The van der Waals surface area contributed by atoms with Crippen molar-refractivity contribution in [2.45, 2.75) is 25.9 Å². The van der Waals surface area contributed by atoms with Gasteiger partial charge in [0.25, 0.3) is 0 Å². The zero-order valence-corrected chi connectivity index (χ0v) is 10.3. The lowest BCUT2D eigenvalue weighted by Gasteiger charge is -2.10. The number of Topliss-reactive ketones (excluding diaryl/α,β-unsaturated/α-hetero) is 1. The first-order valence-corrected chi connectivity index (χ1v) is 6.20. The molecule has 1 aromatic carbocycles. The lowest BCUT2D eigenvalue weighted by molar-refractivity contribution is 0.0961. The highest BCUT2D eigenvalue weighted by Gasteiger charge is 2.28. The van der Waals surface area contributed by atoms with Crippen molar-refractivity contribution in [3.05, 3.63) is 47.8 Å². The average Bonchev–Trinajstić information content (AvgIpc) is 3.03. The van der Waals surface area contributed by atoms with Gasteiger partial charge in [-0.1, -0.05) is 18.2 Å². The van der Waals surface area contributed by atoms with E-state index in [9.17, 15) is 4.79 Å². The first kappa shape index (κ1) is 11.0. The summed E-state index contributed by atoms with van der Waals surface area (Å²) in [6.45, 7) is 2.70. The molecule has 0 aliphatic carbocycles. The first-order valence-electron chi connectivity index (χ1n) is 6.20. The number of aromatic nitrogens is 2. The molecular weight excluding hydrogens is 226 g/mol. The van der Waals surface area contributed by atoms with Gasteiger partial charge in [-0.2, -0.15) is 5.10 Å². The van der Waals surface area contributed by atoms with Gasteiger partial charge in [-0.15, -0.1) is 0 Å². The second-order valence-corrected chi connectivity index (χ2v) is 4.45. The summed E-state index contributed by atoms with van der Waals surface area (Å²) in [5.41, 5.74) is 2.96. The van der Waals surface area contributed by atoms with Crippen LogP contribution in [0.4, 0.5) is 5.69 Å². The fraction of sp³-hybridized carbons (Fsp3) is 0.286. The molecule has 1 aromatic heterocycles. The van der Waals surface area contributed by atoms with Gasteiger partial charge in [0.1, 0.15) is 5.69 Å². The Morgan fingerprint density at radius 2 is 2.28 bits per heavy atom. The Morgan fingerprint density at radius 1 is 1.44 bits per heavy atom. The van der Waals surface area contributed by atoms with Crippen molar-refractivity contribution in [2.75, 3.05) is 5.32 Å². The predicted molar refractivity (Wildman–Crippen MR) is 69.8 cm³/mol. The Hall–Kier alpha value is -2.10. The van der Waals surface area contributed by atoms with Crippen LogP contribution in [0.1, 0.15) is 23.0 Å². The normalized spacial score (nSPS) is 17.3. The Kier molecular flexibility index (Phi) is 2.63. The number of aryl methyl sites for hydroxylation is 1. The Morgan fingerprint density at radius 3 is 3.06 bits per heavy atom. The highest BCUT2D eigenvalue weighted by atomic mass is 16.1. The van der Waals surface area contributed by atoms with Crippen molar-refractivity contribution in [1.29, 1.82) is 0 Å². The summed E-state index contributed by atoms with van der Waals surface area (Å²) in [5.74, 6) is 0.116. The van der Waals surface area contributed by atoms with E-state index < -0.39 is 0 Å². The van der Waals surface area contributed by atoms with Gasteiger partial charge < -0.3 is 5.32 Å². The molecule has 0 radical (unpaired) electrons. The molecule has 1 aliphatic heterocycles. The molecule has 18 heavy (non-hydrogen) atoms. The molecule has 0 fully saturated rings. The third kappa shape index (κ3) is 1.70. The van der Waals surface area contributed by atoms with E-state index in [1.165, 1.54) is 5.56 Å². The van der Waals surface area contributed by atoms with Gasteiger partial charge in [0, 0.05) is 24.8 Å². The monoisotopic (exact) mass is 241 g/mol. The Balaban J connectivity index is 1.85. The van der Waals surface area contributed by atoms with Crippen LogP contribution in [0.2, 0.25) is 0 Å². The molecule has 2 aromatic rings. The molecule has 4 nitrogen and oxygen atoms in total. The minimum Gasteiger partial charge on any atom is -0.374 e. The van der Waals surface area contributed by atoms with Crippen molar-refractivity contribution < 1.29 is 4.79 Å². The number of nitrogens with zero attached hydrogens (tertiary/aromatic N) is 2. The lowest BCUT2D eigenvalue weighted by Crippen LogP contribution is -2.29. The van der Waals surface area contributed by atoms with E-state index in [2.05, 4.69) is 16.5 Å². The number of fused-ring (bicyclic) bond motifs is 1. The van der Waals surface area contributed by atoms with Gasteiger partial charge in [0.2, 0.25) is 5.78 Å². The van der Waals surface area contributed by atoms with Crippen LogP contribution in [-0.2, 0) is 13.0 Å². The molecule has 1 atom stereocenters. The minimum absolute atomic E-state index is 0.116. The molecule has 0 bridgehead atoms. The van der Waals surface area contributed by atoms with Crippen molar-refractivity contribution in [3.8, 4) is 0 Å². The van der Waals surface area contributed by atoms with E-state index in [1.807, 2.05) is 25.1 Å². The summed E-state index contributed by atoms with van der Waals surface area (Å²) in [6, 6.07) is 9.69. The second-order valence-electron chi connectivity index (χ2n) is 4.45. The number of rotatable bonds is 3. The van der Waals surface area contributed by atoms with Gasteiger partial charge in [0.05, 0.1) is 6.04 Å². The van der Waals surface area contributed by atoms with Crippen molar-refractivity contribution in [2.24, 2.45) is 0 Å². The number of nitrogens with one attached hydrogen (secondary N) is 1. The van der Waals surface area contributed by atoms with Gasteiger partial charge in [-0.05, 0) is 24.6 Å². The Bertz CT molecular complexity index is 563. The average molecular weight is 241 g/mol. The molecule has 2 heterocycles. The number of ketones is 1. The summed E-state index contributed by atoms with van der Waals surface area (Å²) in [4.78, 5) is 12.4. The molecule has 1 aliphatic rings. The smallest absolute Gasteiger partial charge is 0.203 e. The van der Waals surface area contributed by atoms with Crippen LogP contribution in [-0.4, -0.2) is 21.6 Å². The highest BCUT2D eigenvalue weighted by molar-refractivity contribution is 6.01. The maximum atomic E-state index is 12.4. The number of anilines is 1. The molecule has 92 valence electrons. The zero-order chi connectivity index (χ0) is 12.5. The number of hydrogen-bond donors (Lipinski definition) is 1. The van der Waals surface area contributed by atoms with Gasteiger partial charge in [-0.3, -0.25) is 9.48 Å². The van der Waals surface area contributed by atoms with Crippen molar-refractivity contribution in [3.63, 3.8) is 0 Å². The van der Waals surface area contributed by atoms with Gasteiger partial charge in [0.15, 0.2) is 0 Å². The quantitative estimate of drug-likeness (QED) is 0.837. The molecule has 0 amide bonds. The maximum absolute atomic E-state index is 12.4. The van der Waals surface area contributed by atoms with Crippen LogP contribution < -0.4 is 5.32 Å². The summed E-state index contributed by atoms with van der Waals surface area (Å²) in [6.07, 6.45) is 2.43. The summed E-state index contributed by atoms with van der Waals surface area (Å²) < 4.78 is 1.74. The van der Waals surface area contributed by atoms with E-state index in [-0.39, 0.29) is 11.8 Å². The molecule has 1 N–H and O–H groups in total. The van der Waals surface area contributed by atoms with E-state index in [1.54, 1.807) is 16.9 Å². The maximum Gasteiger partial charge on any atom is 0.203 e. The highest BCUT2D eigenvalue weighted by Crippen LogP contribution is 2.26. The molecule has 1 unspecified atom stereocenters. The van der Waals surface area contributed by atoms with E-state index in [0.717, 1.165) is 12.1 Å². The lowest BCUT2D eigenvalue weighted by atomic mass is 10.1. The molecule has 3 rings (SSSR count). The van der Waals surface area contributed by atoms with Crippen molar-refractivity contribution >= 4 is 11.5 Å². The van der Waals surface area contributed by atoms with Crippen LogP contribution in [0.25, 0.3) is 0 Å². The van der Waals surface area contributed by atoms with Gasteiger partial charge in [-0.25, -0.2) is 0 Å². The van der Waals surface area contributed by atoms with E-state index >= 15 is 0 Å². The van der Waals surface area contributed by atoms with Crippen LogP contribution in [0.15, 0.2) is 36.5 Å².